The van der Waals surface area contributed by atoms with E-state index >= 15 is 0 Å². The SMILES string of the molecule is CC=C1CC1C1CC1CCC. The Hall–Kier alpha value is -0.260. The topological polar surface area (TPSA) is 0 Å². The third kappa shape index (κ3) is 1.36. The van der Waals surface area contributed by atoms with E-state index in [0.29, 0.717) is 0 Å². The maximum atomic E-state index is 2.33. The molecule has 2 saturated carbocycles. The van der Waals surface area contributed by atoms with Crippen LogP contribution in [0.4, 0.5) is 0 Å². The molecule has 0 spiro atoms. The lowest BCUT2D eigenvalue weighted by atomic mass is 10.1. The minimum atomic E-state index is 1.04. The van der Waals surface area contributed by atoms with E-state index in [1.54, 1.807) is 5.57 Å². The molecule has 0 heterocycles. The number of rotatable bonds is 3. The Morgan fingerprint density at radius 2 is 2.36 bits per heavy atom. The Labute approximate surface area is 69.7 Å². The molecular formula is C11H18. The molecule has 3 unspecified atom stereocenters. The predicted molar refractivity (Wildman–Crippen MR) is 48.4 cm³/mol. The molecule has 0 heteroatoms. The van der Waals surface area contributed by atoms with E-state index in [2.05, 4.69) is 19.9 Å². The molecule has 11 heavy (non-hydrogen) atoms. The fraction of sp³-hybridized carbons (Fsp3) is 0.818. The van der Waals surface area contributed by atoms with Gasteiger partial charge in [-0.25, -0.2) is 0 Å². The second-order valence-corrected chi connectivity index (χ2v) is 4.12. The maximum absolute atomic E-state index is 2.33. The van der Waals surface area contributed by atoms with Gasteiger partial charge in [0, 0.05) is 0 Å². The van der Waals surface area contributed by atoms with E-state index in [0.717, 1.165) is 17.8 Å². The van der Waals surface area contributed by atoms with Gasteiger partial charge in [-0.3, -0.25) is 0 Å². The summed E-state index contributed by atoms with van der Waals surface area (Å²) in [6.07, 6.45) is 8.17. The lowest BCUT2D eigenvalue weighted by molar-refractivity contribution is 0.597. The molecular weight excluding hydrogens is 132 g/mol. The quantitative estimate of drug-likeness (QED) is 0.541. The monoisotopic (exact) mass is 150 g/mol. The van der Waals surface area contributed by atoms with Crippen molar-refractivity contribution >= 4 is 0 Å². The summed E-state index contributed by atoms with van der Waals surface area (Å²) in [6.45, 7) is 4.49. The summed E-state index contributed by atoms with van der Waals surface area (Å²) in [4.78, 5) is 0. The minimum absolute atomic E-state index is 1.04. The Morgan fingerprint density at radius 1 is 1.55 bits per heavy atom. The summed E-state index contributed by atoms with van der Waals surface area (Å²) in [5.74, 6) is 3.26. The standard InChI is InChI=1S/C11H18/c1-3-5-9-7-11(9)10-6-8(10)4-2/h4,9-11H,3,5-7H2,1-2H3. The third-order valence-corrected chi connectivity index (χ3v) is 3.30. The number of hydrogen-bond acceptors (Lipinski definition) is 0. The van der Waals surface area contributed by atoms with E-state index in [1.165, 1.54) is 25.7 Å². The van der Waals surface area contributed by atoms with Crippen LogP contribution in [0.5, 0.6) is 0 Å². The molecule has 2 aliphatic carbocycles. The summed E-state index contributed by atoms with van der Waals surface area (Å²) < 4.78 is 0. The van der Waals surface area contributed by atoms with Gasteiger partial charge in [0.05, 0.1) is 0 Å². The summed E-state index contributed by atoms with van der Waals surface area (Å²) in [6, 6.07) is 0. The molecule has 0 aliphatic heterocycles. The molecule has 62 valence electrons. The van der Waals surface area contributed by atoms with Gasteiger partial charge in [0.15, 0.2) is 0 Å². The molecule has 2 aliphatic rings. The van der Waals surface area contributed by atoms with Crippen molar-refractivity contribution in [3.8, 4) is 0 Å². The molecule has 0 nitrogen and oxygen atoms in total. The second kappa shape index (κ2) is 2.66. The van der Waals surface area contributed by atoms with Crippen LogP contribution in [0.25, 0.3) is 0 Å². The number of hydrogen-bond donors (Lipinski definition) is 0. The maximum Gasteiger partial charge on any atom is -0.0135 e. The van der Waals surface area contributed by atoms with Gasteiger partial charge in [-0.2, -0.15) is 0 Å². The van der Waals surface area contributed by atoms with E-state index in [4.69, 9.17) is 0 Å². The molecule has 0 N–H and O–H groups in total. The normalized spacial score (nSPS) is 44.5. The summed E-state index contributed by atoms with van der Waals surface area (Å²) in [7, 11) is 0. The van der Waals surface area contributed by atoms with Crippen molar-refractivity contribution < 1.29 is 0 Å². The minimum Gasteiger partial charge on any atom is -0.0881 e. The van der Waals surface area contributed by atoms with E-state index in [-0.39, 0.29) is 0 Å². The van der Waals surface area contributed by atoms with Gasteiger partial charge in [-0.1, -0.05) is 31.4 Å². The zero-order valence-corrected chi connectivity index (χ0v) is 7.64. The molecule has 0 bridgehead atoms. The summed E-state index contributed by atoms with van der Waals surface area (Å²) in [5, 5.41) is 0. The first-order valence-electron chi connectivity index (χ1n) is 5.02. The van der Waals surface area contributed by atoms with Crippen LogP contribution in [0, 0.1) is 17.8 Å². The fourth-order valence-electron chi connectivity index (χ4n) is 2.42. The highest BCUT2D eigenvalue weighted by Gasteiger charge is 2.49. The average molecular weight is 150 g/mol. The first-order chi connectivity index (χ1) is 5.36. The molecule has 0 saturated heterocycles. The number of allylic oxidation sites excluding steroid dienone is 2. The van der Waals surface area contributed by atoms with Crippen LogP contribution in [0.3, 0.4) is 0 Å². The van der Waals surface area contributed by atoms with Crippen LogP contribution >= 0.6 is 0 Å². The predicted octanol–water partition coefficient (Wildman–Crippen LogP) is 3.39. The van der Waals surface area contributed by atoms with Crippen LogP contribution < -0.4 is 0 Å². The molecule has 3 atom stereocenters. The highest BCUT2D eigenvalue weighted by atomic mass is 14.5. The molecule has 0 aromatic carbocycles. The van der Waals surface area contributed by atoms with Crippen LogP contribution in [-0.2, 0) is 0 Å². The van der Waals surface area contributed by atoms with Crippen molar-refractivity contribution in [2.45, 2.75) is 39.5 Å². The first kappa shape index (κ1) is 7.39. The molecule has 2 fully saturated rings. The Morgan fingerprint density at radius 3 is 2.91 bits per heavy atom. The van der Waals surface area contributed by atoms with Crippen molar-refractivity contribution in [3.05, 3.63) is 11.6 Å². The van der Waals surface area contributed by atoms with Crippen molar-refractivity contribution in [3.63, 3.8) is 0 Å². The lowest BCUT2D eigenvalue weighted by Crippen LogP contribution is -1.83. The summed E-state index contributed by atoms with van der Waals surface area (Å²) >= 11 is 0. The van der Waals surface area contributed by atoms with Gasteiger partial charge in [0.1, 0.15) is 0 Å². The largest absolute Gasteiger partial charge is 0.0881 e. The second-order valence-electron chi connectivity index (χ2n) is 4.12. The molecule has 2 rings (SSSR count). The van der Waals surface area contributed by atoms with Crippen LogP contribution in [0.15, 0.2) is 11.6 Å². The zero-order chi connectivity index (χ0) is 7.84. The van der Waals surface area contributed by atoms with Gasteiger partial charge in [-0.15, -0.1) is 0 Å². The molecule has 0 radical (unpaired) electrons. The van der Waals surface area contributed by atoms with E-state index in [9.17, 15) is 0 Å². The Bertz CT molecular complexity index is 178. The smallest absolute Gasteiger partial charge is 0.0135 e. The van der Waals surface area contributed by atoms with E-state index < -0.39 is 0 Å². The Balaban J connectivity index is 1.76. The average Bonchev–Trinajstić information content (AvgIpc) is 2.80. The van der Waals surface area contributed by atoms with Crippen LogP contribution in [0.2, 0.25) is 0 Å². The van der Waals surface area contributed by atoms with Gasteiger partial charge in [0.25, 0.3) is 0 Å². The molecule has 0 amide bonds. The highest BCUT2D eigenvalue weighted by molar-refractivity contribution is 5.26. The van der Waals surface area contributed by atoms with Crippen molar-refractivity contribution in [2.75, 3.05) is 0 Å². The zero-order valence-electron chi connectivity index (χ0n) is 7.64. The fourth-order valence-corrected chi connectivity index (χ4v) is 2.42. The first-order valence-corrected chi connectivity index (χ1v) is 5.02. The molecule has 0 aromatic heterocycles. The Kier molecular flexibility index (Phi) is 1.78. The van der Waals surface area contributed by atoms with Gasteiger partial charge in [0.2, 0.25) is 0 Å². The highest BCUT2D eigenvalue weighted by Crippen LogP contribution is 2.58. The van der Waals surface area contributed by atoms with Gasteiger partial charge in [-0.05, 0) is 37.5 Å². The molecule has 0 aromatic rings. The van der Waals surface area contributed by atoms with Crippen LogP contribution in [0.1, 0.15) is 39.5 Å². The summed E-state index contributed by atoms with van der Waals surface area (Å²) in [5.41, 5.74) is 1.74. The third-order valence-electron chi connectivity index (χ3n) is 3.30. The van der Waals surface area contributed by atoms with Crippen LogP contribution in [-0.4, -0.2) is 0 Å². The van der Waals surface area contributed by atoms with Gasteiger partial charge >= 0.3 is 0 Å². The van der Waals surface area contributed by atoms with Gasteiger partial charge < -0.3 is 0 Å². The van der Waals surface area contributed by atoms with Crippen molar-refractivity contribution in [1.29, 1.82) is 0 Å². The van der Waals surface area contributed by atoms with Crippen molar-refractivity contribution in [1.82, 2.24) is 0 Å². The van der Waals surface area contributed by atoms with E-state index in [1.807, 2.05) is 0 Å². The van der Waals surface area contributed by atoms with Crippen molar-refractivity contribution in [2.24, 2.45) is 17.8 Å². The lowest BCUT2D eigenvalue weighted by Gasteiger charge is -1.92.